The number of thiophene rings is 1. The molecule has 1 fully saturated rings. The highest BCUT2D eigenvalue weighted by atomic mass is 32.1. The molecule has 0 atom stereocenters. The molecule has 1 saturated heterocycles. The first-order valence-corrected chi connectivity index (χ1v) is 17.4. The van der Waals surface area contributed by atoms with Crippen LogP contribution in [0.15, 0.2) is 47.8 Å². The molecule has 250 valence electrons. The first-order valence-electron chi connectivity index (χ1n) is 16.5. The van der Waals surface area contributed by atoms with Crippen LogP contribution in [0.25, 0.3) is 0 Å². The number of hydrogen-bond acceptors (Lipinski definition) is 6. The van der Waals surface area contributed by atoms with Crippen molar-refractivity contribution in [3.8, 4) is 11.5 Å². The monoisotopic (exact) mass is 648 g/mol. The smallest absolute Gasteiger partial charge is 0.322 e. The molecule has 0 saturated carbocycles. The molecule has 1 aromatic heterocycles. The second kappa shape index (κ2) is 16.8. The molecule has 0 aliphatic carbocycles. The summed E-state index contributed by atoms with van der Waals surface area (Å²) in [5, 5.41) is 5.34. The third-order valence-corrected chi connectivity index (χ3v) is 9.88. The molecule has 3 aromatic rings. The predicted octanol–water partition coefficient (Wildman–Crippen LogP) is 7.52. The summed E-state index contributed by atoms with van der Waals surface area (Å²) in [5.41, 5.74) is 5.30. The number of methoxy groups -OCH3 is 2. The first-order chi connectivity index (χ1) is 22.1. The number of benzene rings is 2. The minimum Gasteiger partial charge on any atom is -0.493 e. The normalized spacial score (nSPS) is 13.3. The van der Waals surface area contributed by atoms with Gasteiger partial charge in [-0.25, -0.2) is 4.79 Å². The summed E-state index contributed by atoms with van der Waals surface area (Å²) < 4.78 is 10.9. The van der Waals surface area contributed by atoms with Crippen LogP contribution < -0.4 is 14.8 Å². The molecule has 0 spiro atoms. The zero-order valence-corrected chi connectivity index (χ0v) is 29.5. The van der Waals surface area contributed by atoms with Gasteiger partial charge in [-0.3, -0.25) is 4.79 Å². The van der Waals surface area contributed by atoms with E-state index in [0.717, 1.165) is 46.9 Å². The zero-order chi connectivity index (χ0) is 33.2. The van der Waals surface area contributed by atoms with Crippen LogP contribution in [0.5, 0.6) is 11.5 Å². The molecule has 46 heavy (non-hydrogen) atoms. The Morgan fingerprint density at radius 3 is 2.17 bits per heavy atom. The van der Waals surface area contributed by atoms with Crippen LogP contribution in [-0.4, -0.2) is 80.1 Å². The molecule has 3 amide bonds. The minimum absolute atomic E-state index is 0.0108. The van der Waals surface area contributed by atoms with Gasteiger partial charge in [0, 0.05) is 30.2 Å². The van der Waals surface area contributed by atoms with Crippen molar-refractivity contribution in [2.75, 3.05) is 58.8 Å². The Labute approximate surface area is 279 Å². The molecule has 4 rings (SSSR count). The number of para-hydroxylation sites is 1. The maximum Gasteiger partial charge on any atom is 0.322 e. The fourth-order valence-corrected chi connectivity index (χ4v) is 6.92. The summed E-state index contributed by atoms with van der Waals surface area (Å²) in [4.78, 5) is 35.4. The number of urea groups is 1. The Morgan fingerprint density at radius 2 is 1.59 bits per heavy atom. The molecule has 2 heterocycles. The van der Waals surface area contributed by atoms with Crippen LogP contribution in [0.1, 0.15) is 79.5 Å². The first kappa shape index (κ1) is 35.3. The summed E-state index contributed by atoms with van der Waals surface area (Å²) in [6, 6.07) is 14.0. The standard InChI is InChI=1S/C37H52N4O4S/c1-26(2)30-11-10-12-31(27(3)4)36(30)38-37(43)41(21-20-39-17-8-9-18-39)25-35(42)40(24-34-28(5)16-22-46-34)19-15-29-13-14-32(44-6)33(23-29)45-7/h10-14,16,22-23,26-27H,8-9,15,17-21,24-25H2,1-7H3,(H,38,43). The van der Waals surface area contributed by atoms with E-state index in [4.69, 9.17) is 9.47 Å². The fraction of sp³-hybridized carbons (Fsp3) is 0.514. The Bertz CT molecular complexity index is 1420. The van der Waals surface area contributed by atoms with Crippen LogP contribution in [0.4, 0.5) is 10.5 Å². The number of nitrogens with zero attached hydrogens (tertiary/aromatic N) is 3. The van der Waals surface area contributed by atoms with Gasteiger partial charge in [0.2, 0.25) is 5.91 Å². The van der Waals surface area contributed by atoms with Crippen LogP contribution >= 0.6 is 11.3 Å². The molecule has 1 aliphatic heterocycles. The average Bonchev–Trinajstić information content (AvgIpc) is 3.72. The number of rotatable bonds is 15. The number of aryl methyl sites for hydroxylation is 1. The molecule has 0 unspecified atom stereocenters. The van der Waals surface area contributed by atoms with E-state index < -0.39 is 0 Å². The molecular weight excluding hydrogens is 596 g/mol. The van der Waals surface area contributed by atoms with E-state index in [0.29, 0.717) is 37.6 Å². The zero-order valence-electron chi connectivity index (χ0n) is 28.7. The third kappa shape index (κ3) is 9.26. The van der Waals surface area contributed by atoms with Crippen LogP contribution in [0.3, 0.4) is 0 Å². The predicted molar refractivity (Wildman–Crippen MR) is 189 cm³/mol. The van der Waals surface area contributed by atoms with E-state index in [2.05, 4.69) is 74.5 Å². The number of amides is 3. The van der Waals surface area contributed by atoms with Crippen molar-refractivity contribution in [1.29, 1.82) is 0 Å². The van der Waals surface area contributed by atoms with Crippen molar-refractivity contribution in [2.45, 2.75) is 72.3 Å². The van der Waals surface area contributed by atoms with Gasteiger partial charge in [-0.1, -0.05) is 52.0 Å². The Balaban J connectivity index is 1.58. The number of anilines is 1. The number of hydrogen-bond donors (Lipinski definition) is 1. The quantitative estimate of drug-likeness (QED) is 0.185. The van der Waals surface area contributed by atoms with Gasteiger partial charge in [0.15, 0.2) is 11.5 Å². The van der Waals surface area contributed by atoms with Gasteiger partial charge in [0.05, 0.1) is 20.8 Å². The lowest BCUT2D eigenvalue weighted by Gasteiger charge is -2.30. The van der Waals surface area contributed by atoms with Gasteiger partial charge >= 0.3 is 6.03 Å². The minimum atomic E-state index is -0.227. The number of likely N-dealkylation sites (tertiary alicyclic amines) is 1. The summed E-state index contributed by atoms with van der Waals surface area (Å²) in [6.07, 6.45) is 3.00. The highest BCUT2D eigenvalue weighted by Gasteiger charge is 2.26. The van der Waals surface area contributed by atoms with Crippen molar-refractivity contribution in [2.24, 2.45) is 0 Å². The lowest BCUT2D eigenvalue weighted by molar-refractivity contribution is -0.132. The van der Waals surface area contributed by atoms with Gasteiger partial charge in [0.25, 0.3) is 0 Å². The van der Waals surface area contributed by atoms with Crippen LogP contribution in [0, 0.1) is 6.92 Å². The Kier molecular flexibility index (Phi) is 12.9. The summed E-state index contributed by atoms with van der Waals surface area (Å²) in [6.45, 7) is 15.0. The molecule has 1 N–H and O–H groups in total. The average molecular weight is 649 g/mol. The summed E-state index contributed by atoms with van der Waals surface area (Å²) in [5.74, 6) is 1.77. The third-order valence-electron chi connectivity index (χ3n) is 8.88. The van der Waals surface area contributed by atoms with Crippen molar-refractivity contribution >= 4 is 29.0 Å². The van der Waals surface area contributed by atoms with Gasteiger partial charge in [-0.15, -0.1) is 11.3 Å². The van der Waals surface area contributed by atoms with Gasteiger partial charge in [-0.2, -0.15) is 0 Å². The highest BCUT2D eigenvalue weighted by molar-refractivity contribution is 7.10. The lowest BCUT2D eigenvalue weighted by atomic mass is 9.93. The molecule has 8 nitrogen and oxygen atoms in total. The largest absolute Gasteiger partial charge is 0.493 e. The molecule has 0 radical (unpaired) electrons. The van der Waals surface area contributed by atoms with E-state index in [9.17, 15) is 9.59 Å². The SMILES string of the molecule is COc1ccc(CCN(Cc2sccc2C)C(=O)CN(CCN2CCCC2)C(=O)Nc2c(C(C)C)cccc2C(C)C)cc1OC. The van der Waals surface area contributed by atoms with E-state index >= 15 is 0 Å². The molecular formula is C37H52N4O4S. The Hall–Kier alpha value is -3.56. The van der Waals surface area contributed by atoms with E-state index in [1.807, 2.05) is 23.1 Å². The van der Waals surface area contributed by atoms with E-state index in [1.54, 1.807) is 30.5 Å². The number of carbonyl (C=O) groups is 2. The van der Waals surface area contributed by atoms with Gasteiger partial charge < -0.3 is 29.5 Å². The van der Waals surface area contributed by atoms with Crippen molar-refractivity contribution < 1.29 is 19.1 Å². The van der Waals surface area contributed by atoms with Crippen LogP contribution in [-0.2, 0) is 17.8 Å². The maximum absolute atomic E-state index is 14.2. The summed E-state index contributed by atoms with van der Waals surface area (Å²) in [7, 11) is 3.25. The lowest BCUT2D eigenvalue weighted by Crippen LogP contribution is -2.47. The Morgan fingerprint density at radius 1 is 0.913 bits per heavy atom. The second-order valence-corrected chi connectivity index (χ2v) is 13.8. The highest BCUT2D eigenvalue weighted by Crippen LogP contribution is 2.33. The fourth-order valence-electron chi connectivity index (χ4n) is 6.00. The maximum atomic E-state index is 14.2. The van der Waals surface area contributed by atoms with Gasteiger partial charge in [0.1, 0.15) is 6.54 Å². The summed E-state index contributed by atoms with van der Waals surface area (Å²) >= 11 is 1.66. The number of ether oxygens (including phenoxy) is 2. The molecule has 1 aliphatic rings. The van der Waals surface area contributed by atoms with Gasteiger partial charge in [-0.05, 0) is 96.9 Å². The van der Waals surface area contributed by atoms with Crippen molar-refractivity contribution in [3.05, 3.63) is 75.0 Å². The van der Waals surface area contributed by atoms with E-state index in [-0.39, 0.29) is 30.3 Å². The topological polar surface area (TPSA) is 74.4 Å². The molecule has 2 aromatic carbocycles. The van der Waals surface area contributed by atoms with Crippen molar-refractivity contribution in [1.82, 2.24) is 14.7 Å². The van der Waals surface area contributed by atoms with E-state index in [1.165, 1.54) is 18.4 Å². The second-order valence-electron chi connectivity index (χ2n) is 12.8. The number of nitrogens with one attached hydrogen (secondary N) is 1. The number of carbonyl (C=O) groups excluding carboxylic acids is 2. The van der Waals surface area contributed by atoms with Crippen molar-refractivity contribution in [3.63, 3.8) is 0 Å². The molecule has 0 bridgehead atoms. The van der Waals surface area contributed by atoms with Crippen LogP contribution in [0.2, 0.25) is 0 Å². The molecule has 9 heteroatoms.